The number of ketones is 6. The third kappa shape index (κ3) is 25.9. The van der Waals surface area contributed by atoms with Gasteiger partial charge in [-0.05, 0) is 222 Å². The number of rotatable bonds is 30. The van der Waals surface area contributed by atoms with Gasteiger partial charge in [0.15, 0.2) is 0 Å². The molecule has 8 aliphatic heterocycles. The van der Waals surface area contributed by atoms with Crippen LogP contribution in [0, 0.1) is 11.8 Å². The smallest absolute Gasteiger partial charge is 0.315 e. The summed E-state index contributed by atoms with van der Waals surface area (Å²) in [7, 11) is 0. The van der Waals surface area contributed by atoms with Crippen LogP contribution in [0.25, 0.3) is 0 Å². The minimum Gasteiger partial charge on any atom is -0.370 e. The lowest BCUT2D eigenvalue weighted by atomic mass is 9.95. The fourth-order valence-electron chi connectivity index (χ4n) is 14.9. The molecule has 0 spiro atoms. The van der Waals surface area contributed by atoms with Crippen molar-refractivity contribution in [2.75, 3.05) is 139 Å². The Morgan fingerprint density at radius 3 is 1.21 bits per heavy atom. The summed E-state index contributed by atoms with van der Waals surface area (Å²) in [6, 6.07) is 17.1. The molecule has 0 aliphatic carbocycles. The van der Waals surface area contributed by atoms with Gasteiger partial charge < -0.3 is 37.2 Å². The number of halogens is 1. The average molecular weight is 1410 g/mol. The Hall–Kier alpha value is -7.67. The van der Waals surface area contributed by atoms with Gasteiger partial charge in [0.2, 0.25) is 5.67 Å². The Morgan fingerprint density at radius 1 is 0.441 bits per heavy atom. The Labute approximate surface area is 603 Å². The van der Waals surface area contributed by atoms with E-state index >= 15 is 0 Å². The minimum absolute atomic E-state index is 0.00442. The first-order valence-corrected chi connectivity index (χ1v) is 38.1. The van der Waals surface area contributed by atoms with Crippen molar-refractivity contribution in [3.63, 3.8) is 0 Å². The molecule has 4 saturated heterocycles. The van der Waals surface area contributed by atoms with E-state index in [0.717, 1.165) is 240 Å². The van der Waals surface area contributed by atoms with Crippen LogP contribution in [0.1, 0.15) is 175 Å². The monoisotopic (exact) mass is 1410 g/mol. The highest BCUT2D eigenvalue weighted by molar-refractivity contribution is 5.87. The molecule has 12 heterocycles. The predicted octanol–water partition coefficient (Wildman–Crippen LogP) is 8.09. The van der Waals surface area contributed by atoms with Crippen LogP contribution in [0.5, 0.6) is 0 Å². The fourth-order valence-corrected chi connectivity index (χ4v) is 14.9. The van der Waals surface area contributed by atoms with E-state index in [2.05, 4.69) is 110 Å². The summed E-state index contributed by atoms with van der Waals surface area (Å²) in [6.07, 6.45) is 22.9. The van der Waals surface area contributed by atoms with Crippen molar-refractivity contribution >= 4 is 69.9 Å². The van der Waals surface area contributed by atoms with Gasteiger partial charge >= 0.3 is 6.03 Å². The van der Waals surface area contributed by atoms with Crippen LogP contribution in [0.4, 0.5) is 32.5 Å². The van der Waals surface area contributed by atoms with Gasteiger partial charge in [-0.25, -0.2) is 29.1 Å². The van der Waals surface area contributed by atoms with Crippen LogP contribution >= 0.6 is 0 Å². The van der Waals surface area contributed by atoms with Crippen molar-refractivity contribution in [1.82, 2.24) is 55.5 Å². The van der Waals surface area contributed by atoms with Gasteiger partial charge in [-0.2, -0.15) is 0 Å². The zero-order valence-corrected chi connectivity index (χ0v) is 61.3. The summed E-state index contributed by atoms with van der Waals surface area (Å²) < 4.78 is 14.4. The maximum atomic E-state index is 14.4. The lowest BCUT2D eigenvalue weighted by Crippen LogP contribution is -2.66. The van der Waals surface area contributed by atoms with E-state index in [9.17, 15) is 42.7 Å². The first kappa shape index (κ1) is 78.5. The van der Waals surface area contributed by atoms with E-state index in [1.807, 2.05) is 0 Å². The van der Waals surface area contributed by atoms with E-state index in [-0.39, 0.29) is 66.7 Å². The minimum atomic E-state index is -1.85. The predicted molar refractivity (Wildman–Crippen MR) is 397 cm³/mol. The number of aromatic nitrogens is 4. The second-order valence-electron chi connectivity index (χ2n) is 29.5. The van der Waals surface area contributed by atoms with Gasteiger partial charge in [0.25, 0.3) is 5.91 Å². The summed E-state index contributed by atoms with van der Waals surface area (Å²) in [6.45, 7) is 18.0. The highest BCUT2D eigenvalue weighted by Gasteiger charge is 2.50. The molecule has 556 valence electrons. The molecule has 102 heavy (non-hydrogen) atoms. The largest absolute Gasteiger partial charge is 0.370 e. The molecule has 0 unspecified atom stereocenters. The van der Waals surface area contributed by atoms with Crippen molar-refractivity contribution in [3.05, 3.63) is 93.6 Å². The van der Waals surface area contributed by atoms with E-state index in [0.29, 0.717) is 57.1 Å². The van der Waals surface area contributed by atoms with Gasteiger partial charge in [-0.1, -0.05) is 24.3 Å². The number of fused-ring (bicyclic) bond motifs is 4. The van der Waals surface area contributed by atoms with E-state index in [4.69, 9.17) is 9.97 Å². The molecule has 12 rings (SSSR count). The number of hydrogen-bond donors (Lipinski definition) is 7. The van der Waals surface area contributed by atoms with Crippen LogP contribution in [0.15, 0.2) is 48.5 Å². The van der Waals surface area contributed by atoms with Crippen LogP contribution in [0.3, 0.4) is 0 Å². The van der Waals surface area contributed by atoms with Crippen LogP contribution in [0.2, 0.25) is 0 Å². The highest BCUT2D eigenvalue weighted by Crippen LogP contribution is 2.28. The number of likely N-dealkylation sites (tertiary alicyclic amines) is 4. The maximum absolute atomic E-state index is 14.4. The molecule has 4 aromatic heterocycles. The van der Waals surface area contributed by atoms with Gasteiger partial charge in [0.1, 0.15) is 58.0 Å². The standard InChI is InChI=1S/2C20H29N3O2.C19H27FN4O2.C19H29N5O2/c2*1-15(24)13-23-12-10-17(14-23)19(25)7-3-2-6-18-9-8-16-5-4-11-21-20(16)22-18;1-14(25)11-24-12-19(20,13-24)18(26)22-9-3-2-6-16-8-7-15-5-4-10-21-17(15)23-16;1-14(25)13-24-11-7-17(8-12-24)23-19(26)21-10-6-16-5-4-15-3-2-9-20-18(15)22-16/h2*8-9,17H,2-7,10-14H2,1H3,(H,21,22);7-8H,2-6,9-13H2,1H3,(H,21,23)(H,22,26);4-5,17H,2-3,6-13H2,1H3,(H,20,22)(H2,21,23,26)/t2*17-;;/m10../s1. The average Bonchev–Trinajstić information content (AvgIpc) is 0.977. The summed E-state index contributed by atoms with van der Waals surface area (Å²) in [5.74, 6) is 5.07. The molecule has 8 aliphatic rings. The second-order valence-corrected chi connectivity index (χ2v) is 29.5. The normalized spacial score (nSPS) is 19.1. The number of alkyl halides is 1. The van der Waals surface area contributed by atoms with Gasteiger partial charge in [-0.15, -0.1) is 0 Å². The zero-order chi connectivity index (χ0) is 72.2. The summed E-state index contributed by atoms with van der Waals surface area (Å²) in [5, 5.41) is 22.0. The van der Waals surface area contributed by atoms with Crippen LogP contribution in [-0.4, -0.2) is 216 Å². The maximum Gasteiger partial charge on any atom is 0.315 e. The number of carbonyl (C=O) groups is 8. The van der Waals surface area contributed by atoms with Crippen molar-refractivity contribution in [3.8, 4) is 0 Å². The van der Waals surface area contributed by atoms with Crippen molar-refractivity contribution < 1.29 is 42.7 Å². The number of carbonyl (C=O) groups excluding carboxylic acids is 8. The number of hydrogen-bond acceptors (Lipinski definition) is 20. The Bertz CT molecular complexity index is 3360. The van der Waals surface area contributed by atoms with Crippen molar-refractivity contribution in [1.29, 1.82) is 0 Å². The van der Waals surface area contributed by atoms with E-state index in [1.165, 1.54) is 42.0 Å². The molecule has 4 fully saturated rings. The zero-order valence-electron chi connectivity index (χ0n) is 61.3. The Balaban J connectivity index is 0.000000158. The first-order chi connectivity index (χ1) is 49.3. The summed E-state index contributed by atoms with van der Waals surface area (Å²) in [4.78, 5) is 120. The lowest BCUT2D eigenvalue weighted by molar-refractivity contribution is -0.147. The molecule has 0 radical (unpaired) electrons. The van der Waals surface area contributed by atoms with Crippen LogP contribution in [-0.2, 0) is 84.9 Å². The molecule has 3 amide bonds. The molecule has 4 aromatic rings. The van der Waals surface area contributed by atoms with E-state index in [1.54, 1.807) is 25.7 Å². The third-order valence-corrected chi connectivity index (χ3v) is 20.4. The SMILES string of the molecule is CC(=O)CN1CC(F)(C(=O)NCCCCc2ccc3c(n2)NCCC3)C1.CC(=O)CN1CCC(NC(=O)NCCc2ccc3c(n2)NCCC3)CC1.CC(=O)CN1CC[C@@H](C(=O)CCCCc2ccc3c(n2)NCCC3)C1.CC(=O)CN1CC[C@H](C(=O)CCCCc2ccc3c(n2)NCCC3)C1. The summed E-state index contributed by atoms with van der Waals surface area (Å²) >= 11 is 0. The van der Waals surface area contributed by atoms with Crippen LogP contribution < -0.4 is 37.2 Å². The van der Waals surface area contributed by atoms with Gasteiger partial charge in [0.05, 0.1) is 26.2 Å². The van der Waals surface area contributed by atoms with Gasteiger partial charge in [-0.3, -0.25) is 53.2 Å². The number of nitrogens with zero attached hydrogens (tertiary/aromatic N) is 8. The van der Waals surface area contributed by atoms with Crippen molar-refractivity contribution in [2.45, 2.75) is 194 Å². The quantitative estimate of drug-likeness (QED) is 0.0243. The number of pyridine rings is 4. The number of piperidine rings is 1. The number of urea groups is 1. The number of unbranched alkanes of at least 4 members (excludes halogenated alkanes) is 3. The molecule has 0 bridgehead atoms. The molecular formula is C78H114FN15O8. The number of amides is 3. The Kier molecular flexibility index (Phi) is 31.1. The number of Topliss-reactive ketones (excluding diaryl/α,β-unsaturated/α-hetero) is 6. The van der Waals surface area contributed by atoms with Gasteiger partial charge in [0, 0.05) is 138 Å². The second kappa shape index (κ2) is 40.4. The topological polar surface area (TPSA) is 285 Å². The number of nitrogens with one attached hydrogen (secondary N) is 7. The fraction of sp³-hybridized carbons (Fsp3) is 0.641. The molecule has 0 saturated carbocycles. The molecule has 24 heteroatoms. The molecule has 0 aromatic carbocycles. The first-order valence-electron chi connectivity index (χ1n) is 38.1. The molecular weight excluding hydrogens is 1290 g/mol. The van der Waals surface area contributed by atoms with E-state index < -0.39 is 11.6 Å². The molecule has 7 N–H and O–H groups in total. The number of anilines is 4. The molecule has 23 nitrogen and oxygen atoms in total. The third-order valence-electron chi connectivity index (χ3n) is 20.4. The Morgan fingerprint density at radius 2 is 0.804 bits per heavy atom. The van der Waals surface area contributed by atoms with Crippen molar-refractivity contribution in [2.24, 2.45) is 11.8 Å². The summed E-state index contributed by atoms with van der Waals surface area (Å²) in [5.41, 5.74) is 7.63. The number of aryl methyl sites for hydroxylation is 7. The molecule has 2 atom stereocenters. The highest BCUT2D eigenvalue weighted by atomic mass is 19.1. The lowest BCUT2D eigenvalue weighted by Gasteiger charge is -2.42.